The lowest BCUT2D eigenvalue weighted by molar-refractivity contribution is 0.00281. The highest BCUT2D eigenvalue weighted by Crippen LogP contribution is 2.30. The maximum absolute atomic E-state index is 12.7. The Morgan fingerprint density at radius 1 is 1.03 bits per heavy atom. The molecule has 4 rings (SSSR count). The van der Waals surface area contributed by atoms with Gasteiger partial charge in [-0.2, -0.15) is 0 Å². The van der Waals surface area contributed by atoms with E-state index in [4.69, 9.17) is 14.2 Å². The molecule has 3 fully saturated rings. The fourth-order valence-corrected chi connectivity index (χ4v) is 5.47. The van der Waals surface area contributed by atoms with Gasteiger partial charge in [0.05, 0.1) is 24.2 Å². The first kappa shape index (κ1) is 20.6. The Labute approximate surface area is 171 Å². The minimum absolute atomic E-state index is 0.160. The number of hydrogen-bond donors (Lipinski definition) is 2. The zero-order valence-electron chi connectivity index (χ0n) is 16.5. The number of sulfonamides is 1. The van der Waals surface area contributed by atoms with Gasteiger partial charge in [0.15, 0.2) is 6.10 Å². The Kier molecular flexibility index (Phi) is 6.10. The molecule has 0 bridgehead atoms. The van der Waals surface area contributed by atoms with Crippen LogP contribution < -0.4 is 10.0 Å². The molecule has 1 aliphatic carbocycles. The molecule has 29 heavy (non-hydrogen) atoms. The van der Waals surface area contributed by atoms with Crippen molar-refractivity contribution in [3.8, 4) is 0 Å². The number of rotatable bonds is 5. The standard InChI is InChI=1S/C20H28N2O6S/c1-13-7-9-15(10-8-13)29(24,25)22-16-11-26-19-17(12-27-18(16)19)28-20(23)21-14-5-3-2-4-6-14/h7-10,14,16-19,22H,2-6,11-12H2,1H3,(H,21,23)/t16-,17+,18+,19+/m0/s1. The van der Waals surface area contributed by atoms with Gasteiger partial charge < -0.3 is 19.5 Å². The number of ether oxygens (including phenoxy) is 3. The molecule has 0 unspecified atom stereocenters. The van der Waals surface area contributed by atoms with Crippen LogP contribution in [0.25, 0.3) is 0 Å². The highest BCUT2D eigenvalue weighted by Gasteiger charge is 2.50. The summed E-state index contributed by atoms with van der Waals surface area (Å²) in [6, 6.07) is 6.28. The zero-order chi connectivity index (χ0) is 20.4. The Balaban J connectivity index is 1.32. The van der Waals surface area contributed by atoms with E-state index in [1.165, 1.54) is 6.42 Å². The number of amides is 1. The van der Waals surface area contributed by atoms with Gasteiger partial charge in [-0.05, 0) is 31.9 Å². The van der Waals surface area contributed by atoms with Crippen LogP contribution in [0.5, 0.6) is 0 Å². The third kappa shape index (κ3) is 4.74. The number of carbonyl (C=O) groups is 1. The molecule has 8 nitrogen and oxygen atoms in total. The molecule has 1 amide bonds. The third-order valence-electron chi connectivity index (χ3n) is 5.83. The largest absolute Gasteiger partial charge is 0.441 e. The summed E-state index contributed by atoms with van der Waals surface area (Å²) in [5, 5.41) is 2.92. The van der Waals surface area contributed by atoms with Crippen molar-refractivity contribution in [3.63, 3.8) is 0 Å². The van der Waals surface area contributed by atoms with Crippen LogP contribution in [0.3, 0.4) is 0 Å². The zero-order valence-corrected chi connectivity index (χ0v) is 17.3. The molecule has 1 saturated carbocycles. The van der Waals surface area contributed by atoms with Gasteiger partial charge in [0.2, 0.25) is 10.0 Å². The van der Waals surface area contributed by atoms with Gasteiger partial charge in [-0.1, -0.05) is 37.0 Å². The minimum atomic E-state index is -3.69. The molecule has 2 N–H and O–H groups in total. The van der Waals surface area contributed by atoms with Crippen molar-refractivity contribution in [3.05, 3.63) is 29.8 Å². The SMILES string of the molecule is Cc1ccc(S(=O)(=O)N[C@H]2CO[C@H]3[C@@H]2OC[C@H]3OC(=O)NC2CCCCC2)cc1. The van der Waals surface area contributed by atoms with Crippen molar-refractivity contribution in [2.24, 2.45) is 0 Å². The molecule has 2 heterocycles. The Morgan fingerprint density at radius 3 is 2.45 bits per heavy atom. The summed E-state index contributed by atoms with van der Waals surface area (Å²) >= 11 is 0. The minimum Gasteiger partial charge on any atom is -0.441 e. The number of carbonyl (C=O) groups excluding carboxylic acids is 1. The number of fused-ring (bicyclic) bond motifs is 1. The van der Waals surface area contributed by atoms with Crippen LogP contribution in [0.4, 0.5) is 4.79 Å². The summed E-state index contributed by atoms with van der Waals surface area (Å²) in [7, 11) is -3.69. The maximum Gasteiger partial charge on any atom is 0.407 e. The van der Waals surface area contributed by atoms with Crippen molar-refractivity contribution < 1.29 is 27.4 Å². The van der Waals surface area contributed by atoms with Gasteiger partial charge in [-0.15, -0.1) is 0 Å². The van der Waals surface area contributed by atoms with Crippen LogP contribution in [-0.4, -0.2) is 58.1 Å². The first-order valence-electron chi connectivity index (χ1n) is 10.2. The van der Waals surface area contributed by atoms with Crippen molar-refractivity contribution in [2.45, 2.75) is 74.3 Å². The quantitative estimate of drug-likeness (QED) is 0.748. The van der Waals surface area contributed by atoms with E-state index in [0.717, 1.165) is 31.2 Å². The van der Waals surface area contributed by atoms with E-state index in [0.29, 0.717) is 0 Å². The fraction of sp³-hybridized carbons (Fsp3) is 0.650. The van der Waals surface area contributed by atoms with Crippen molar-refractivity contribution in [1.29, 1.82) is 0 Å². The van der Waals surface area contributed by atoms with Crippen LogP contribution in [0.2, 0.25) is 0 Å². The lowest BCUT2D eigenvalue weighted by Crippen LogP contribution is -2.45. The summed E-state index contributed by atoms with van der Waals surface area (Å²) in [4.78, 5) is 12.4. The molecule has 1 aromatic rings. The van der Waals surface area contributed by atoms with E-state index < -0.39 is 40.5 Å². The summed E-state index contributed by atoms with van der Waals surface area (Å²) in [5.41, 5.74) is 0.985. The van der Waals surface area contributed by atoms with Gasteiger partial charge in [0.1, 0.15) is 12.2 Å². The Hall–Kier alpha value is -1.68. The second-order valence-corrected chi connectivity index (χ2v) is 9.77. The van der Waals surface area contributed by atoms with E-state index in [2.05, 4.69) is 10.0 Å². The molecule has 1 aromatic carbocycles. The summed E-state index contributed by atoms with van der Waals surface area (Å²) < 4.78 is 45.0. The third-order valence-corrected chi connectivity index (χ3v) is 7.34. The van der Waals surface area contributed by atoms with Crippen LogP contribution in [0.15, 0.2) is 29.2 Å². The maximum atomic E-state index is 12.7. The number of benzene rings is 1. The first-order valence-corrected chi connectivity index (χ1v) is 11.7. The Morgan fingerprint density at radius 2 is 1.72 bits per heavy atom. The lowest BCUT2D eigenvalue weighted by Gasteiger charge is -2.24. The summed E-state index contributed by atoms with van der Waals surface area (Å²) in [6.07, 6.45) is 3.43. The molecule has 160 valence electrons. The van der Waals surface area contributed by atoms with E-state index in [9.17, 15) is 13.2 Å². The van der Waals surface area contributed by atoms with Gasteiger partial charge in [0.25, 0.3) is 0 Å². The molecule has 0 radical (unpaired) electrons. The van der Waals surface area contributed by atoms with Gasteiger partial charge >= 0.3 is 6.09 Å². The molecule has 4 atom stereocenters. The molecule has 0 spiro atoms. The predicted molar refractivity (Wildman–Crippen MR) is 105 cm³/mol. The van der Waals surface area contributed by atoms with E-state index in [-0.39, 0.29) is 24.2 Å². The smallest absolute Gasteiger partial charge is 0.407 e. The number of hydrogen-bond acceptors (Lipinski definition) is 6. The molecule has 2 saturated heterocycles. The molecular formula is C20H28N2O6S. The van der Waals surface area contributed by atoms with Crippen LogP contribution >= 0.6 is 0 Å². The first-order chi connectivity index (χ1) is 13.9. The Bertz CT molecular complexity index is 822. The number of aryl methyl sites for hydroxylation is 1. The average molecular weight is 425 g/mol. The second-order valence-electron chi connectivity index (χ2n) is 8.06. The second kappa shape index (κ2) is 8.59. The lowest BCUT2D eigenvalue weighted by atomic mass is 9.96. The molecule has 2 aliphatic heterocycles. The summed E-state index contributed by atoms with van der Waals surface area (Å²) in [6.45, 7) is 2.26. The van der Waals surface area contributed by atoms with E-state index >= 15 is 0 Å². The van der Waals surface area contributed by atoms with Gasteiger partial charge in [-0.25, -0.2) is 17.9 Å². The van der Waals surface area contributed by atoms with E-state index in [1.807, 2.05) is 6.92 Å². The normalized spacial score (nSPS) is 30.1. The molecule has 9 heteroatoms. The summed E-state index contributed by atoms with van der Waals surface area (Å²) in [5.74, 6) is 0. The number of nitrogens with one attached hydrogen (secondary N) is 2. The van der Waals surface area contributed by atoms with Crippen molar-refractivity contribution >= 4 is 16.1 Å². The molecule has 3 aliphatic rings. The monoisotopic (exact) mass is 424 g/mol. The highest BCUT2D eigenvalue weighted by atomic mass is 32.2. The van der Waals surface area contributed by atoms with Gasteiger partial charge in [-0.3, -0.25) is 0 Å². The number of alkyl carbamates (subject to hydrolysis) is 1. The topological polar surface area (TPSA) is 103 Å². The van der Waals surface area contributed by atoms with Crippen LogP contribution in [-0.2, 0) is 24.2 Å². The van der Waals surface area contributed by atoms with Crippen molar-refractivity contribution in [2.75, 3.05) is 13.2 Å². The molecule has 0 aromatic heterocycles. The van der Waals surface area contributed by atoms with Crippen LogP contribution in [0.1, 0.15) is 37.7 Å². The van der Waals surface area contributed by atoms with Crippen LogP contribution in [0, 0.1) is 6.92 Å². The van der Waals surface area contributed by atoms with E-state index in [1.54, 1.807) is 24.3 Å². The average Bonchev–Trinajstić information content (AvgIpc) is 3.26. The van der Waals surface area contributed by atoms with Crippen molar-refractivity contribution in [1.82, 2.24) is 10.0 Å². The van der Waals surface area contributed by atoms with Gasteiger partial charge in [0, 0.05) is 6.04 Å². The molecular weight excluding hydrogens is 396 g/mol. The predicted octanol–water partition coefficient (Wildman–Crippen LogP) is 1.87. The highest BCUT2D eigenvalue weighted by molar-refractivity contribution is 7.89. The fourth-order valence-electron chi connectivity index (χ4n) is 4.24.